The second-order valence-corrected chi connectivity index (χ2v) is 5.16. The molecule has 1 aliphatic carbocycles. The second kappa shape index (κ2) is 5.68. The molecule has 0 aromatic heterocycles. The van der Waals surface area contributed by atoms with E-state index in [0.717, 1.165) is 29.9 Å². The fourth-order valence-corrected chi connectivity index (χ4v) is 2.02. The van der Waals surface area contributed by atoms with Gasteiger partial charge in [0.25, 0.3) is 0 Å². The van der Waals surface area contributed by atoms with Gasteiger partial charge in [-0.15, -0.1) is 0 Å². The third-order valence-electron chi connectivity index (χ3n) is 3.40. The van der Waals surface area contributed by atoms with Gasteiger partial charge in [0.1, 0.15) is 0 Å². The normalized spacial score (nSPS) is 13.3. The first-order valence-electron chi connectivity index (χ1n) is 6.93. The quantitative estimate of drug-likeness (QED) is 0.896. The van der Waals surface area contributed by atoms with E-state index in [2.05, 4.69) is 16.7 Å². The zero-order valence-corrected chi connectivity index (χ0v) is 11.5. The molecule has 0 spiro atoms. The number of anilines is 3. The highest BCUT2D eigenvalue weighted by Gasteiger charge is 2.29. The third-order valence-corrected chi connectivity index (χ3v) is 3.40. The zero-order chi connectivity index (χ0) is 14.7. The number of carbonyl (C=O) groups excluding carboxylic acids is 1. The number of nitrogens with one attached hydrogen (secondary N) is 2. The van der Waals surface area contributed by atoms with Gasteiger partial charge in [-0.25, -0.2) is 0 Å². The highest BCUT2D eigenvalue weighted by atomic mass is 16.2. The van der Waals surface area contributed by atoms with Crippen LogP contribution < -0.4 is 10.6 Å². The maximum Gasteiger partial charge on any atom is 0.227 e. The van der Waals surface area contributed by atoms with Crippen molar-refractivity contribution in [3.8, 4) is 6.07 Å². The Hall–Kier alpha value is -2.80. The molecule has 21 heavy (non-hydrogen) atoms. The smallest absolute Gasteiger partial charge is 0.227 e. The summed E-state index contributed by atoms with van der Waals surface area (Å²) in [6.45, 7) is 0. The Morgan fingerprint density at radius 2 is 1.48 bits per heavy atom. The number of nitriles is 1. The van der Waals surface area contributed by atoms with E-state index in [1.807, 2.05) is 36.4 Å². The summed E-state index contributed by atoms with van der Waals surface area (Å²) in [6, 6.07) is 17.0. The van der Waals surface area contributed by atoms with Crippen molar-refractivity contribution in [1.82, 2.24) is 0 Å². The Kier molecular flexibility index (Phi) is 3.57. The molecule has 0 atom stereocenters. The monoisotopic (exact) mass is 277 g/mol. The number of rotatable bonds is 4. The van der Waals surface area contributed by atoms with Crippen LogP contribution >= 0.6 is 0 Å². The van der Waals surface area contributed by atoms with Gasteiger partial charge in [0.2, 0.25) is 5.91 Å². The van der Waals surface area contributed by atoms with Gasteiger partial charge in [0.05, 0.1) is 11.6 Å². The van der Waals surface area contributed by atoms with E-state index in [1.54, 1.807) is 12.1 Å². The average molecular weight is 277 g/mol. The minimum atomic E-state index is 0.114. The molecular weight excluding hydrogens is 262 g/mol. The van der Waals surface area contributed by atoms with Crippen molar-refractivity contribution >= 4 is 23.0 Å². The van der Waals surface area contributed by atoms with Gasteiger partial charge in [0, 0.05) is 23.0 Å². The Morgan fingerprint density at radius 3 is 2.00 bits per heavy atom. The van der Waals surface area contributed by atoms with E-state index in [-0.39, 0.29) is 11.8 Å². The van der Waals surface area contributed by atoms with Crippen LogP contribution in [0.25, 0.3) is 0 Å². The van der Waals surface area contributed by atoms with Crippen molar-refractivity contribution < 1.29 is 4.79 Å². The molecule has 2 aromatic rings. The minimum absolute atomic E-state index is 0.114. The molecule has 4 heteroatoms. The lowest BCUT2D eigenvalue weighted by Gasteiger charge is -2.08. The molecule has 1 saturated carbocycles. The Labute approximate surface area is 123 Å². The average Bonchev–Trinajstić information content (AvgIpc) is 3.35. The number of hydrogen-bond donors (Lipinski definition) is 2. The van der Waals surface area contributed by atoms with Crippen LogP contribution in [0.3, 0.4) is 0 Å². The summed E-state index contributed by atoms with van der Waals surface area (Å²) in [5, 5.41) is 14.9. The molecule has 0 radical (unpaired) electrons. The van der Waals surface area contributed by atoms with Crippen molar-refractivity contribution in [3.63, 3.8) is 0 Å². The summed E-state index contributed by atoms with van der Waals surface area (Å²) in [5.41, 5.74) is 3.31. The predicted octanol–water partition coefficient (Wildman–Crippen LogP) is 3.65. The van der Waals surface area contributed by atoms with Gasteiger partial charge in [-0.05, 0) is 61.4 Å². The molecule has 2 aromatic carbocycles. The topological polar surface area (TPSA) is 64.9 Å². The molecule has 0 unspecified atom stereocenters. The summed E-state index contributed by atoms with van der Waals surface area (Å²) in [5.74, 6) is 0.323. The van der Waals surface area contributed by atoms with Crippen molar-refractivity contribution in [2.75, 3.05) is 10.6 Å². The van der Waals surface area contributed by atoms with Crippen LogP contribution in [-0.4, -0.2) is 5.91 Å². The van der Waals surface area contributed by atoms with E-state index in [9.17, 15) is 4.79 Å². The lowest BCUT2D eigenvalue weighted by Crippen LogP contribution is -2.13. The molecule has 2 N–H and O–H groups in total. The van der Waals surface area contributed by atoms with Crippen molar-refractivity contribution in [2.45, 2.75) is 12.8 Å². The zero-order valence-electron chi connectivity index (χ0n) is 11.5. The van der Waals surface area contributed by atoms with Crippen LogP contribution in [0.1, 0.15) is 18.4 Å². The van der Waals surface area contributed by atoms with Gasteiger partial charge >= 0.3 is 0 Å². The highest BCUT2D eigenvalue weighted by Crippen LogP contribution is 2.30. The summed E-state index contributed by atoms with van der Waals surface area (Å²) in [6.07, 6.45) is 2.01. The van der Waals surface area contributed by atoms with Crippen LogP contribution in [-0.2, 0) is 4.79 Å². The number of hydrogen-bond acceptors (Lipinski definition) is 3. The third kappa shape index (κ3) is 3.40. The number of nitrogens with zero attached hydrogens (tertiary/aromatic N) is 1. The first-order valence-corrected chi connectivity index (χ1v) is 6.93. The van der Waals surface area contributed by atoms with E-state index in [0.29, 0.717) is 5.56 Å². The molecule has 1 fully saturated rings. The van der Waals surface area contributed by atoms with Crippen LogP contribution in [0.2, 0.25) is 0 Å². The molecule has 3 rings (SSSR count). The fourth-order valence-electron chi connectivity index (χ4n) is 2.02. The van der Waals surface area contributed by atoms with Crippen LogP contribution in [0, 0.1) is 17.2 Å². The number of amides is 1. The van der Waals surface area contributed by atoms with Crippen LogP contribution in [0.15, 0.2) is 48.5 Å². The number of carbonyl (C=O) groups is 1. The minimum Gasteiger partial charge on any atom is -0.356 e. The standard InChI is InChI=1S/C17H15N3O/c18-11-12-1-5-14(6-2-12)19-15-7-9-16(10-8-15)20-17(21)13-3-4-13/h1-2,5-10,13,19H,3-4H2,(H,20,21). The SMILES string of the molecule is N#Cc1ccc(Nc2ccc(NC(=O)C3CC3)cc2)cc1. The molecular formula is C17H15N3O. The number of benzene rings is 2. The summed E-state index contributed by atoms with van der Waals surface area (Å²) in [4.78, 5) is 11.7. The summed E-state index contributed by atoms with van der Waals surface area (Å²) < 4.78 is 0. The van der Waals surface area contributed by atoms with Crippen LogP contribution in [0.5, 0.6) is 0 Å². The molecule has 1 amide bonds. The molecule has 0 heterocycles. The molecule has 104 valence electrons. The van der Waals surface area contributed by atoms with Crippen molar-refractivity contribution in [3.05, 3.63) is 54.1 Å². The first-order chi connectivity index (χ1) is 10.2. The van der Waals surface area contributed by atoms with Crippen molar-refractivity contribution in [1.29, 1.82) is 5.26 Å². The van der Waals surface area contributed by atoms with E-state index in [4.69, 9.17) is 5.26 Å². The predicted molar refractivity (Wildman–Crippen MR) is 82.2 cm³/mol. The van der Waals surface area contributed by atoms with Gasteiger partial charge < -0.3 is 10.6 Å². The Bertz CT molecular complexity index is 679. The van der Waals surface area contributed by atoms with Crippen LogP contribution in [0.4, 0.5) is 17.1 Å². The van der Waals surface area contributed by atoms with E-state index < -0.39 is 0 Å². The van der Waals surface area contributed by atoms with E-state index >= 15 is 0 Å². The highest BCUT2D eigenvalue weighted by molar-refractivity contribution is 5.94. The molecule has 4 nitrogen and oxygen atoms in total. The van der Waals surface area contributed by atoms with Gasteiger partial charge in [-0.2, -0.15) is 5.26 Å². The van der Waals surface area contributed by atoms with Gasteiger partial charge in [0.15, 0.2) is 0 Å². The maximum absolute atomic E-state index is 11.7. The van der Waals surface area contributed by atoms with Gasteiger partial charge in [-0.3, -0.25) is 4.79 Å². The molecule has 0 aliphatic heterocycles. The second-order valence-electron chi connectivity index (χ2n) is 5.16. The molecule has 1 aliphatic rings. The van der Waals surface area contributed by atoms with Crippen molar-refractivity contribution in [2.24, 2.45) is 5.92 Å². The van der Waals surface area contributed by atoms with Gasteiger partial charge in [-0.1, -0.05) is 0 Å². The molecule has 0 bridgehead atoms. The Balaban J connectivity index is 1.63. The lowest BCUT2D eigenvalue weighted by atomic mass is 10.2. The lowest BCUT2D eigenvalue weighted by molar-refractivity contribution is -0.117. The van der Waals surface area contributed by atoms with E-state index in [1.165, 1.54) is 0 Å². The first kappa shape index (κ1) is 13.2. The maximum atomic E-state index is 11.7. The largest absolute Gasteiger partial charge is 0.356 e. The Morgan fingerprint density at radius 1 is 0.952 bits per heavy atom. The summed E-state index contributed by atoms with van der Waals surface area (Å²) >= 11 is 0. The summed E-state index contributed by atoms with van der Waals surface area (Å²) in [7, 11) is 0. The molecule has 0 saturated heterocycles. The fraction of sp³-hybridized carbons (Fsp3) is 0.176.